The van der Waals surface area contributed by atoms with E-state index >= 15 is 0 Å². The minimum atomic E-state index is -5.73. The molecule has 5 aliphatic heterocycles. The van der Waals surface area contributed by atoms with E-state index in [4.69, 9.17) is 130 Å². The van der Waals surface area contributed by atoms with E-state index in [-0.39, 0.29) is 44.1 Å². The van der Waals surface area contributed by atoms with Crippen molar-refractivity contribution in [2.45, 2.75) is 139 Å². The Bertz CT molecular complexity index is 1610. The van der Waals surface area contributed by atoms with Crippen LogP contribution in [0.25, 0.3) is 0 Å². The first kappa shape index (κ1) is 72.0. The first-order valence-electron chi connectivity index (χ1n) is 20.0. The molecule has 70 heavy (non-hydrogen) atoms. The fourth-order valence-corrected chi connectivity index (χ4v) is 8.51. The zero-order chi connectivity index (χ0) is 56.6. The summed E-state index contributed by atoms with van der Waals surface area (Å²) in [4.78, 5) is 75.4. The highest BCUT2D eigenvalue weighted by atomic mass is 31.3. The summed E-state index contributed by atoms with van der Waals surface area (Å²) in [6.07, 6.45) is -3.13. The van der Waals surface area contributed by atoms with E-state index in [0.29, 0.717) is 18.8 Å². The van der Waals surface area contributed by atoms with Crippen molar-refractivity contribution >= 4 is 93.1 Å². The number of carboxylic acid groups (broad SMARTS) is 2. The second-order valence-electron chi connectivity index (χ2n) is 14.2. The van der Waals surface area contributed by atoms with Gasteiger partial charge in [-0.05, 0) is 57.8 Å². The number of oxime groups is 1. The number of ether oxygens (including phenoxy) is 5. The molecule has 0 saturated carbocycles. The number of halogens is 1. The number of phosphoric ester groups is 1. The molecule has 0 bridgehead atoms. The Labute approximate surface area is 408 Å². The van der Waals surface area contributed by atoms with Crippen LogP contribution in [0.5, 0.6) is 0 Å². The molecule has 0 spiro atoms. The zero-order valence-corrected chi connectivity index (χ0v) is 40.4. The molecule has 5 saturated heterocycles. The third-order valence-electron chi connectivity index (χ3n) is 8.39. The van der Waals surface area contributed by atoms with Gasteiger partial charge in [0.25, 0.3) is 0 Å². The predicted molar refractivity (Wildman–Crippen MR) is 236 cm³/mol. The minimum Gasteiger partial charge on any atom is -0.479 e. The summed E-state index contributed by atoms with van der Waals surface area (Å²) in [6.45, 7) is 6.88. The van der Waals surface area contributed by atoms with Gasteiger partial charge in [-0.1, -0.05) is 18.4 Å². The van der Waals surface area contributed by atoms with Gasteiger partial charge in [0, 0.05) is 36.2 Å². The summed E-state index contributed by atoms with van der Waals surface area (Å²) < 4.78 is 80.9. The van der Waals surface area contributed by atoms with Crippen LogP contribution in [0.2, 0.25) is 0 Å². The van der Waals surface area contributed by atoms with Gasteiger partial charge in [0.15, 0.2) is 18.3 Å². The highest BCUT2D eigenvalue weighted by Gasteiger charge is 2.46. The van der Waals surface area contributed by atoms with Crippen molar-refractivity contribution in [3.8, 4) is 0 Å². The van der Waals surface area contributed by atoms with Gasteiger partial charge in [-0.25, -0.2) is 33.4 Å². The number of carboxylic acids is 2. The molecule has 5 fully saturated rings. The number of nitrogens with zero attached hydrogens (tertiary/aromatic N) is 1. The van der Waals surface area contributed by atoms with Crippen molar-refractivity contribution in [3.63, 3.8) is 0 Å². The molecular weight excluding hydrogens is 1020 g/mol. The average molecular weight is 1080 g/mol. The lowest BCUT2D eigenvalue weighted by Gasteiger charge is -2.18. The van der Waals surface area contributed by atoms with Crippen molar-refractivity contribution in [2.75, 3.05) is 13.2 Å². The lowest BCUT2D eigenvalue weighted by Crippen LogP contribution is -2.31. The second-order valence-corrected chi connectivity index (χ2v) is 18.5. The summed E-state index contributed by atoms with van der Waals surface area (Å²) in [7, 11) is 9.69. The van der Waals surface area contributed by atoms with Gasteiger partial charge >= 0.3 is 41.4 Å². The monoisotopic (exact) mass is 1080 g/mol. The summed E-state index contributed by atoms with van der Waals surface area (Å²) in [5.41, 5.74) is 6.25. The lowest BCUT2D eigenvalue weighted by atomic mass is 9.92. The normalized spacial score (nSPS) is 33.3. The Kier molecular flexibility index (Phi) is 38.6. The van der Waals surface area contributed by atoms with Crippen molar-refractivity contribution in [2.24, 2.45) is 17.0 Å². The van der Waals surface area contributed by atoms with Crippen molar-refractivity contribution in [1.29, 1.82) is 0 Å². The molecule has 10 radical (unpaired) electrons. The third-order valence-corrected chi connectivity index (χ3v) is 12.1. The first-order valence-corrected chi connectivity index (χ1v) is 24.1. The highest BCUT2D eigenvalue weighted by molar-refractivity contribution is 7.66. The molecule has 15 N–H and O–H groups in total. The second kappa shape index (κ2) is 37.5. The van der Waals surface area contributed by atoms with Gasteiger partial charge in [-0.15, -0.1) is 5.16 Å². The largest absolute Gasteiger partial charge is 0.538 e. The number of rotatable bonds is 10. The summed E-state index contributed by atoms with van der Waals surface area (Å²) in [6, 6.07) is -2.64. The van der Waals surface area contributed by atoms with Gasteiger partial charge in [-0.3, -0.25) is 4.89 Å². The van der Waals surface area contributed by atoms with Crippen LogP contribution in [0.3, 0.4) is 0 Å². The van der Waals surface area contributed by atoms with Crippen LogP contribution >= 0.6 is 23.5 Å². The Balaban J connectivity index is -0.000000392. The van der Waals surface area contributed by atoms with Gasteiger partial charge in [0.05, 0.1) is 37.6 Å². The van der Waals surface area contributed by atoms with Gasteiger partial charge in [0.1, 0.15) is 51.6 Å². The van der Waals surface area contributed by atoms with E-state index in [0.717, 1.165) is 12.7 Å². The van der Waals surface area contributed by atoms with Crippen LogP contribution < -0.4 is 0 Å². The van der Waals surface area contributed by atoms with Crippen LogP contribution in [-0.2, 0) is 69.7 Å². The molecule has 5 aliphatic rings. The number of phosphoric acid groups is 3. The zero-order valence-electron chi connectivity index (χ0n) is 38.7. The van der Waals surface area contributed by atoms with E-state index in [2.05, 4.69) is 27.8 Å². The van der Waals surface area contributed by atoms with Crippen molar-refractivity contribution in [3.05, 3.63) is 0 Å². The van der Waals surface area contributed by atoms with Crippen LogP contribution in [-0.4, -0.2) is 233 Å². The molecule has 17 atom stereocenters. The Morgan fingerprint density at radius 3 is 1.23 bits per heavy atom. The van der Waals surface area contributed by atoms with Crippen LogP contribution in [0.4, 0.5) is 4.53 Å². The molecular formula is C31H58B5FNO29P3. The molecule has 30 nitrogen and oxygen atoms in total. The molecule has 0 aromatic rings. The molecule has 0 aliphatic carbocycles. The number of aliphatic hydroxyl groups is 5. The number of carbonyl (C=O) groups excluding carboxylic acids is 2. The highest BCUT2D eigenvalue weighted by Crippen LogP contribution is 2.66. The molecule has 0 aromatic heterocycles. The van der Waals surface area contributed by atoms with E-state index in [1.165, 1.54) is 13.1 Å². The van der Waals surface area contributed by atoms with Gasteiger partial charge < -0.3 is 94.1 Å². The number of aliphatic hydroxyl groups excluding tert-OH is 5. The third kappa shape index (κ3) is 32.8. The number of hydrogen-bond acceptors (Lipinski definition) is 23. The number of aldehydes is 1. The minimum absolute atomic E-state index is 0.0278. The van der Waals surface area contributed by atoms with Crippen molar-refractivity contribution < 1.29 is 147 Å². The smallest absolute Gasteiger partial charge is 0.479 e. The Hall–Kier alpha value is -2.23. The predicted octanol–water partition coefficient (Wildman–Crippen LogP) is -4.56. The molecule has 39 heteroatoms. The lowest BCUT2D eigenvalue weighted by molar-refractivity contribution is -0.152. The van der Waals surface area contributed by atoms with Gasteiger partial charge in [0.2, 0.25) is 1.43 Å². The Morgan fingerprint density at radius 2 is 1.00 bits per heavy atom. The average Bonchev–Trinajstić information content (AvgIpc) is 4.06. The fraction of sp³-hybridized carbons (Fsp3) is 0.839. The quantitative estimate of drug-likeness (QED) is 0.0245. The van der Waals surface area contributed by atoms with Gasteiger partial charge in [-0.2, -0.15) is 8.62 Å². The molecule has 0 aromatic carbocycles. The van der Waals surface area contributed by atoms with E-state index in [1.54, 1.807) is 6.92 Å². The summed E-state index contributed by atoms with van der Waals surface area (Å²) in [5, 5.41) is 76.9. The van der Waals surface area contributed by atoms with Crippen LogP contribution in [0, 0.1) is 11.8 Å². The SMILES string of the molecule is C/C=N/O.CC=O.OF.[3H]O.[B][C@H]1C[C@@H](C)[C@@H](C(=O)O)O1.[B][C@H]1C[C@@H](C)[C@@H](CO)O1.[B][C@H]1C[C@@H](O)[C@@H](C(=O)O)O1.[B][C@H]1C[C@@H](O)[C@@H](C(=O)OP(=O)(O)OP(=O)(O)OP(=O)(O)O)O1.[B][C@H]1C[C@@H](O)[C@@H](CO)O1. The van der Waals surface area contributed by atoms with E-state index < -0.39 is 108 Å². The van der Waals surface area contributed by atoms with E-state index in [1.807, 2.05) is 13.8 Å². The number of hydrogen-bond donors (Lipinski definition) is 13. The van der Waals surface area contributed by atoms with E-state index in [9.17, 15) is 33.2 Å². The van der Waals surface area contributed by atoms with Crippen molar-refractivity contribution in [1.82, 2.24) is 0 Å². The maximum atomic E-state index is 11.4. The summed E-state index contributed by atoms with van der Waals surface area (Å²) >= 11 is 0. The maximum Gasteiger partial charge on any atom is 0.538 e. The topological polar surface area (TPSA) is 500 Å². The molecule has 398 valence electrons. The van der Waals surface area contributed by atoms with Crippen LogP contribution in [0.1, 0.15) is 61.2 Å². The Morgan fingerprint density at radius 1 is 0.657 bits per heavy atom. The summed E-state index contributed by atoms with van der Waals surface area (Å²) in [5.74, 6) is -3.29. The maximum absolute atomic E-state index is 11.4. The molecule has 2 unspecified atom stereocenters. The molecule has 5 heterocycles. The van der Waals surface area contributed by atoms with Crippen LogP contribution in [0.15, 0.2) is 5.16 Å². The first-order chi connectivity index (χ1) is 32.7. The fourth-order valence-electron chi connectivity index (χ4n) is 5.54. The number of carbonyl (C=O) groups is 4. The molecule has 0 amide bonds. The molecule has 5 rings (SSSR count). The number of aliphatic carboxylic acids is 2. The standard InChI is InChI=1S/C6H9BO3.C6H11BO2.C5H10BO13P3.C5H7BO4.C5H9BO3.C2H5NO.C2H4O.FHO.H2O/c1-3-2-4(7)10-5(3)6(8)9;1-4-2-6(7)9-5(4)3-8;6-3-1-2(7)4(16-3)5(8)17-21(12,13)19-22(14,15)18-20(9,10)11;6-3-1-2(7)4(10-3)5(8)9;6-5-1-3(8)4(2-7)9-5;1-2-3-4;1-2-3;1-2;/h3-5H,2H2,1H3,(H,8,9);4-6,8H,2-3H2,1H3;2-4,7H,1H2,(H,12,13)(H,14,15)(H2,9,10,11);2-4,7H,1H2,(H,8,9);3-5,7-8H,1-2H2;2,4H,1H3;2H,1H3;2H;1H2/b;;;;;3-2+;;;/t3-,4-,5+;4-,5-,6-;2*2-,3-,4+;3-,4-,5-;;;;/m11111..../s1/i/hT.